The Hall–Kier alpha value is -0.570. The van der Waals surface area contributed by atoms with Crippen molar-refractivity contribution in [2.75, 3.05) is 6.54 Å². The van der Waals surface area contributed by atoms with Crippen molar-refractivity contribution < 1.29 is 4.79 Å². The molecule has 1 amide bonds. The Morgan fingerprint density at radius 1 is 1.12 bits per heavy atom. The van der Waals surface area contributed by atoms with Gasteiger partial charge in [0.05, 0.1) is 5.54 Å². The second kappa shape index (κ2) is 8.57. The van der Waals surface area contributed by atoms with E-state index in [1.54, 1.807) is 0 Å². The molecule has 3 N–H and O–H groups in total. The van der Waals surface area contributed by atoms with Crippen LogP contribution in [-0.4, -0.2) is 18.0 Å². The summed E-state index contributed by atoms with van der Waals surface area (Å²) in [7, 11) is 0. The van der Waals surface area contributed by atoms with Crippen molar-refractivity contribution in [3.05, 3.63) is 0 Å². The average molecular weight is 228 g/mol. The first-order valence-corrected chi connectivity index (χ1v) is 6.61. The Bertz CT molecular complexity index is 194. The van der Waals surface area contributed by atoms with Gasteiger partial charge in [0.25, 0.3) is 0 Å². The Labute approximate surface area is 100 Å². The lowest BCUT2D eigenvalue weighted by atomic mass is 9.93. The summed E-state index contributed by atoms with van der Waals surface area (Å²) in [4.78, 5) is 11.4. The van der Waals surface area contributed by atoms with Gasteiger partial charge >= 0.3 is 0 Å². The lowest BCUT2D eigenvalue weighted by Gasteiger charge is -2.27. The highest BCUT2D eigenvalue weighted by Gasteiger charge is 2.28. The molecular weight excluding hydrogens is 200 g/mol. The summed E-state index contributed by atoms with van der Waals surface area (Å²) >= 11 is 0. The van der Waals surface area contributed by atoms with Gasteiger partial charge in [-0.25, -0.2) is 0 Å². The van der Waals surface area contributed by atoms with Crippen molar-refractivity contribution in [3.8, 4) is 0 Å². The summed E-state index contributed by atoms with van der Waals surface area (Å²) in [5.41, 5.74) is 4.94. The largest absolute Gasteiger partial charge is 0.368 e. The molecule has 0 saturated heterocycles. The van der Waals surface area contributed by atoms with Crippen molar-refractivity contribution >= 4 is 5.91 Å². The summed E-state index contributed by atoms with van der Waals surface area (Å²) < 4.78 is 0. The third-order valence-corrected chi connectivity index (χ3v) is 3.09. The Morgan fingerprint density at radius 3 is 2.25 bits per heavy atom. The molecule has 1 atom stereocenters. The fourth-order valence-electron chi connectivity index (χ4n) is 1.78. The number of carbonyl (C=O) groups is 1. The van der Waals surface area contributed by atoms with E-state index in [-0.39, 0.29) is 5.91 Å². The van der Waals surface area contributed by atoms with E-state index in [4.69, 9.17) is 5.73 Å². The predicted octanol–water partition coefficient (Wildman–Crippen LogP) is 2.59. The molecule has 0 aromatic rings. The zero-order valence-electron chi connectivity index (χ0n) is 11.1. The van der Waals surface area contributed by atoms with Gasteiger partial charge in [-0.3, -0.25) is 4.79 Å². The standard InChI is InChI=1S/C13H28N2O/c1-4-6-7-8-9-10-13(3,12(14)16)15-11-5-2/h15H,4-11H2,1-3H3,(H2,14,16). The minimum atomic E-state index is -0.512. The first-order chi connectivity index (χ1) is 7.56. The smallest absolute Gasteiger partial charge is 0.237 e. The van der Waals surface area contributed by atoms with Crippen LogP contribution in [0.25, 0.3) is 0 Å². The number of nitrogens with one attached hydrogen (secondary N) is 1. The maximum Gasteiger partial charge on any atom is 0.237 e. The van der Waals surface area contributed by atoms with Crippen LogP contribution in [0.3, 0.4) is 0 Å². The van der Waals surface area contributed by atoms with Gasteiger partial charge in [-0.15, -0.1) is 0 Å². The van der Waals surface area contributed by atoms with Crippen LogP contribution in [0.4, 0.5) is 0 Å². The number of primary amides is 1. The third kappa shape index (κ3) is 6.11. The van der Waals surface area contributed by atoms with Crippen LogP contribution in [0, 0.1) is 0 Å². The molecule has 96 valence electrons. The van der Waals surface area contributed by atoms with Crippen LogP contribution < -0.4 is 11.1 Å². The molecule has 3 heteroatoms. The van der Waals surface area contributed by atoms with Crippen LogP contribution in [0.5, 0.6) is 0 Å². The van der Waals surface area contributed by atoms with Crippen molar-refractivity contribution in [2.45, 2.75) is 71.3 Å². The number of unbranched alkanes of at least 4 members (excludes halogenated alkanes) is 4. The van der Waals surface area contributed by atoms with Crippen molar-refractivity contribution in [3.63, 3.8) is 0 Å². The molecule has 0 rings (SSSR count). The molecule has 0 heterocycles. The molecule has 3 nitrogen and oxygen atoms in total. The fraction of sp³-hybridized carbons (Fsp3) is 0.923. The van der Waals surface area contributed by atoms with Crippen LogP contribution in [0.1, 0.15) is 65.7 Å². The van der Waals surface area contributed by atoms with Gasteiger partial charge in [-0.2, -0.15) is 0 Å². The molecule has 0 saturated carbocycles. The summed E-state index contributed by atoms with van der Waals surface area (Å²) in [6, 6.07) is 0. The topological polar surface area (TPSA) is 55.1 Å². The summed E-state index contributed by atoms with van der Waals surface area (Å²) in [5.74, 6) is -0.226. The Morgan fingerprint density at radius 2 is 1.75 bits per heavy atom. The Balaban J connectivity index is 3.88. The van der Waals surface area contributed by atoms with E-state index >= 15 is 0 Å². The van der Waals surface area contributed by atoms with Crippen LogP contribution in [-0.2, 0) is 4.79 Å². The van der Waals surface area contributed by atoms with Gasteiger partial charge in [0.2, 0.25) is 5.91 Å². The molecule has 0 bridgehead atoms. The summed E-state index contributed by atoms with van der Waals surface area (Å²) in [5, 5.41) is 3.26. The van der Waals surface area contributed by atoms with Crippen LogP contribution in [0.2, 0.25) is 0 Å². The first-order valence-electron chi connectivity index (χ1n) is 6.61. The number of carbonyl (C=O) groups excluding carboxylic acids is 1. The Kier molecular flexibility index (Phi) is 8.26. The van der Waals surface area contributed by atoms with Gasteiger partial charge in [0.15, 0.2) is 0 Å². The normalized spacial score (nSPS) is 14.7. The highest BCUT2D eigenvalue weighted by atomic mass is 16.1. The van der Waals surface area contributed by atoms with Crippen molar-refractivity contribution in [1.29, 1.82) is 0 Å². The van der Waals surface area contributed by atoms with E-state index in [9.17, 15) is 4.79 Å². The molecule has 0 aromatic heterocycles. The zero-order valence-corrected chi connectivity index (χ0v) is 11.1. The number of hydrogen-bond acceptors (Lipinski definition) is 2. The quantitative estimate of drug-likeness (QED) is 0.565. The lowest BCUT2D eigenvalue weighted by molar-refractivity contribution is -0.124. The molecule has 1 unspecified atom stereocenters. The molecule has 0 spiro atoms. The molecular formula is C13H28N2O. The predicted molar refractivity (Wildman–Crippen MR) is 69.3 cm³/mol. The number of rotatable bonds is 10. The van der Waals surface area contributed by atoms with Crippen molar-refractivity contribution in [1.82, 2.24) is 5.32 Å². The average Bonchev–Trinajstić information content (AvgIpc) is 2.26. The molecule has 0 aliphatic rings. The molecule has 0 aliphatic carbocycles. The molecule has 0 fully saturated rings. The minimum absolute atomic E-state index is 0.226. The van der Waals surface area contributed by atoms with Gasteiger partial charge in [0.1, 0.15) is 0 Å². The maximum absolute atomic E-state index is 11.4. The van der Waals surface area contributed by atoms with E-state index in [1.165, 1.54) is 25.7 Å². The fourth-order valence-corrected chi connectivity index (χ4v) is 1.78. The zero-order chi connectivity index (χ0) is 12.4. The van der Waals surface area contributed by atoms with Gasteiger partial charge in [-0.05, 0) is 26.3 Å². The van der Waals surface area contributed by atoms with Gasteiger partial charge < -0.3 is 11.1 Å². The SMILES string of the molecule is CCCCCCCC(C)(NCCC)C(N)=O. The summed E-state index contributed by atoms with van der Waals surface area (Å²) in [6.45, 7) is 7.07. The third-order valence-electron chi connectivity index (χ3n) is 3.09. The molecule has 0 aromatic carbocycles. The lowest BCUT2D eigenvalue weighted by Crippen LogP contribution is -2.53. The second-order valence-electron chi connectivity index (χ2n) is 4.79. The van der Waals surface area contributed by atoms with E-state index in [0.717, 1.165) is 25.8 Å². The van der Waals surface area contributed by atoms with E-state index < -0.39 is 5.54 Å². The molecule has 16 heavy (non-hydrogen) atoms. The summed E-state index contributed by atoms with van der Waals surface area (Å²) in [6.07, 6.45) is 7.96. The second-order valence-corrected chi connectivity index (χ2v) is 4.79. The monoisotopic (exact) mass is 228 g/mol. The number of amides is 1. The molecule has 0 radical (unpaired) electrons. The van der Waals surface area contributed by atoms with Gasteiger partial charge in [-0.1, -0.05) is 46.0 Å². The van der Waals surface area contributed by atoms with Crippen LogP contribution in [0.15, 0.2) is 0 Å². The van der Waals surface area contributed by atoms with Gasteiger partial charge in [0, 0.05) is 0 Å². The van der Waals surface area contributed by atoms with E-state index in [2.05, 4.69) is 19.2 Å². The highest BCUT2D eigenvalue weighted by molar-refractivity contribution is 5.84. The maximum atomic E-state index is 11.4. The number of nitrogens with two attached hydrogens (primary N) is 1. The van der Waals surface area contributed by atoms with Crippen LogP contribution >= 0.6 is 0 Å². The van der Waals surface area contributed by atoms with E-state index in [0.29, 0.717) is 0 Å². The molecule has 0 aliphatic heterocycles. The number of hydrogen-bond donors (Lipinski definition) is 2. The first kappa shape index (κ1) is 15.4. The highest BCUT2D eigenvalue weighted by Crippen LogP contribution is 2.15. The van der Waals surface area contributed by atoms with E-state index in [1.807, 2.05) is 6.92 Å². The minimum Gasteiger partial charge on any atom is -0.368 e. The van der Waals surface area contributed by atoms with Crippen molar-refractivity contribution in [2.24, 2.45) is 5.73 Å².